The normalized spacial score (nSPS) is 23.7. The van der Waals surface area contributed by atoms with Crippen LogP contribution in [-0.2, 0) is 0 Å². The SMILES string of the molecule is CN(CCSc1ccccc1)CC1CC(Br)C1. The van der Waals surface area contributed by atoms with Crippen LogP contribution in [0, 0.1) is 5.92 Å². The van der Waals surface area contributed by atoms with Crippen molar-refractivity contribution in [1.82, 2.24) is 4.90 Å². The molecule has 17 heavy (non-hydrogen) atoms. The first kappa shape index (κ1) is 13.4. The van der Waals surface area contributed by atoms with E-state index in [0.717, 1.165) is 10.7 Å². The molecular formula is C14H20BrNS. The van der Waals surface area contributed by atoms with Crippen LogP contribution in [0.5, 0.6) is 0 Å². The lowest BCUT2D eigenvalue weighted by Gasteiger charge is -2.34. The van der Waals surface area contributed by atoms with Crippen LogP contribution in [0.1, 0.15) is 12.8 Å². The van der Waals surface area contributed by atoms with Crippen molar-refractivity contribution in [2.45, 2.75) is 22.6 Å². The highest BCUT2D eigenvalue weighted by atomic mass is 79.9. The van der Waals surface area contributed by atoms with E-state index >= 15 is 0 Å². The minimum Gasteiger partial charge on any atom is -0.305 e. The fourth-order valence-corrected chi connectivity index (χ4v) is 4.22. The Morgan fingerprint density at radius 2 is 2.00 bits per heavy atom. The quantitative estimate of drug-likeness (QED) is 0.579. The number of benzene rings is 1. The molecule has 94 valence electrons. The first-order valence-corrected chi connectivity index (χ1v) is 8.14. The van der Waals surface area contributed by atoms with Crippen LogP contribution >= 0.6 is 27.7 Å². The van der Waals surface area contributed by atoms with Crippen LogP contribution < -0.4 is 0 Å². The Kier molecular flexibility index (Phi) is 5.39. The summed E-state index contributed by atoms with van der Waals surface area (Å²) in [6.45, 7) is 2.44. The molecule has 0 bridgehead atoms. The van der Waals surface area contributed by atoms with Gasteiger partial charge in [-0.25, -0.2) is 0 Å². The smallest absolute Gasteiger partial charge is 0.0152 e. The Labute approximate surface area is 117 Å². The lowest BCUT2D eigenvalue weighted by molar-refractivity contribution is 0.221. The number of halogens is 1. The highest BCUT2D eigenvalue weighted by molar-refractivity contribution is 9.09. The number of rotatable bonds is 6. The molecule has 3 heteroatoms. The summed E-state index contributed by atoms with van der Waals surface area (Å²) in [6, 6.07) is 10.7. The average Bonchev–Trinajstić information content (AvgIpc) is 2.28. The van der Waals surface area contributed by atoms with Crippen molar-refractivity contribution in [2.24, 2.45) is 5.92 Å². The van der Waals surface area contributed by atoms with E-state index < -0.39 is 0 Å². The third kappa shape index (κ3) is 4.65. The molecule has 1 aliphatic rings. The Morgan fingerprint density at radius 1 is 1.29 bits per heavy atom. The summed E-state index contributed by atoms with van der Waals surface area (Å²) in [4.78, 5) is 4.64. The lowest BCUT2D eigenvalue weighted by Crippen LogP contribution is -2.35. The van der Waals surface area contributed by atoms with Gasteiger partial charge in [0.05, 0.1) is 0 Å². The van der Waals surface area contributed by atoms with Gasteiger partial charge in [-0.05, 0) is 37.9 Å². The van der Waals surface area contributed by atoms with E-state index in [9.17, 15) is 0 Å². The Bertz CT molecular complexity index is 324. The highest BCUT2D eigenvalue weighted by Crippen LogP contribution is 2.33. The summed E-state index contributed by atoms with van der Waals surface area (Å²) in [6.07, 6.45) is 2.71. The zero-order chi connectivity index (χ0) is 12.1. The van der Waals surface area contributed by atoms with Gasteiger partial charge in [-0.3, -0.25) is 0 Å². The van der Waals surface area contributed by atoms with Gasteiger partial charge in [-0.1, -0.05) is 34.1 Å². The molecule has 1 saturated carbocycles. The third-order valence-corrected chi connectivity index (χ3v) is 4.97. The van der Waals surface area contributed by atoms with Crippen molar-refractivity contribution < 1.29 is 0 Å². The summed E-state index contributed by atoms with van der Waals surface area (Å²) in [7, 11) is 2.24. The number of nitrogens with zero attached hydrogens (tertiary/aromatic N) is 1. The number of thioether (sulfide) groups is 1. The standard InChI is InChI=1S/C14H20BrNS/c1-16(11-12-9-13(15)10-12)7-8-17-14-5-3-2-4-6-14/h2-6,12-13H,7-11H2,1H3. The molecule has 0 radical (unpaired) electrons. The maximum atomic E-state index is 3.65. The van der Waals surface area contributed by atoms with E-state index in [4.69, 9.17) is 0 Å². The molecule has 0 atom stereocenters. The number of alkyl halides is 1. The molecular weight excluding hydrogens is 294 g/mol. The van der Waals surface area contributed by atoms with Gasteiger partial charge >= 0.3 is 0 Å². The van der Waals surface area contributed by atoms with Crippen LogP contribution in [-0.4, -0.2) is 35.6 Å². The molecule has 1 aromatic carbocycles. The molecule has 1 fully saturated rings. The minimum atomic E-state index is 0.791. The van der Waals surface area contributed by atoms with Crippen molar-refractivity contribution in [1.29, 1.82) is 0 Å². The van der Waals surface area contributed by atoms with Crippen LogP contribution in [0.3, 0.4) is 0 Å². The van der Waals surface area contributed by atoms with E-state index in [0.29, 0.717) is 0 Å². The fourth-order valence-electron chi connectivity index (χ4n) is 2.17. The number of hydrogen-bond acceptors (Lipinski definition) is 2. The van der Waals surface area contributed by atoms with Crippen molar-refractivity contribution in [3.05, 3.63) is 30.3 Å². The molecule has 2 rings (SSSR count). The first-order valence-electron chi connectivity index (χ1n) is 6.24. The van der Waals surface area contributed by atoms with Crippen LogP contribution in [0.2, 0.25) is 0 Å². The van der Waals surface area contributed by atoms with E-state index in [-0.39, 0.29) is 0 Å². The molecule has 0 spiro atoms. The molecule has 0 N–H and O–H groups in total. The van der Waals surface area contributed by atoms with Crippen molar-refractivity contribution in [3.8, 4) is 0 Å². The van der Waals surface area contributed by atoms with Gasteiger partial charge in [0, 0.05) is 28.6 Å². The fraction of sp³-hybridized carbons (Fsp3) is 0.571. The van der Waals surface area contributed by atoms with E-state index in [1.54, 1.807) is 0 Å². The van der Waals surface area contributed by atoms with Crippen LogP contribution in [0.25, 0.3) is 0 Å². The van der Waals surface area contributed by atoms with Gasteiger partial charge in [-0.15, -0.1) is 11.8 Å². The molecule has 0 amide bonds. The monoisotopic (exact) mass is 313 g/mol. The topological polar surface area (TPSA) is 3.24 Å². The number of hydrogen-bond donors (Lipinski definition) is 0. The van der Waals surface area contributed by atoms with Crippen molar-refractivity contribution in [2.75, 3.05) is 25.9 Å². The lowest BCUT2D eigenvalue weighted by atomic mass is 9.85. The molecule has 0 heterocycles. The molecule has 1 nitrogen and oxygen atoms in total. The molecule has 1 aliphatic carbocycles. The summed E-state index contributed by atoms with van der Waals surface area (Å²) in [5.74, 6) is 2.11. The van der Waals surface area contributed by atoms with E-state index in [1.165, 1.54) is 36.6 Å². The van der Waals surface area contributed by atoms with Crippen molar-refractivity contribution in [3.63, 3.8) is 0 Å². The maximum absolute atomic E-state index is 3.65. The van der Waals surface area contributed by atoms with Gasteiger partial charge in [0.15, 0.2) is 0 Å². The van der Waals surface area contributed by atoms with Crippen LogP contribution in [0.15, 0.2) is 35.2 Å². The summed E-state index contributed by atoms with van der Waals surface area (Å²) in [5.41, 5.74) is 0. The average molecular weight is 314 g/mol. The van der Waals surface area contributed by atoms with E-state index in [2.05, 4.69) is 58.2 Å². The minimum absolute atomic E-state index is 0.791. The Hall–Kier alpha value is 0.01000. The zero-order valence-electron chi connectivity index (χ0n) is 10.3. The van der Waals surface area contributed by atoms with Crippen molar-refractivity contribution >= 4 is 27.7 Å². The first-order chi connectivity index (χ1) is 8.24. The maximum Gasteiger partial charge on any atom is 0.0152 e. The molecule has 0 aromatic heterocycles. The van der Waals surface area contributed by atoms with Gasteiger partial charge in [0.1, 0.15) is 0 Å². The van der Waals surface area contributed by atoms with Gasteiger partial charge in [0.25, 0.3) is 0 Å². The second kappa shape index (κ2) is 6.81. The molecule has 1 aromatic rings. The Morgan fingerprint density at radius 3 is 2.65 bits per heavy atom. The van der Waals surface area contributed by atoms with Gasteiger partial charge in [0.2, 0.25) is 0 Å². The molecule has 0 saturated heterocycles. The second-order valence-corrected chi connectivity index (χ2v) is 7.32. The summed E-state index contributed by atoms with van der Waals surface area (Å²) in [5, 5.41) is 0. The second-order valence-electron chi connectivity index (χ2n) is 4.86. The zero-order valence-corrected chi connectivity index (χ0v) is 12.7. The summed E-state index contributed by atoms with van der Waals surface area (Å²) < 4.78 is 0. The summed E-state index contributed by atoms with van der Waals surface area (Å²) >= 11 is 5.60. The molecule has 0 aliphatic heterocycles. The third-order valence-electron chi connectivity index (χ3n) is 3.23. The predicted molar refractivity (Wildman–Crippen MR) is 80.1 cm³/mol. The molecule has 0 unspecified atom stereocenters. The van der Waals surface area contributed by atoms with Gasteiger partial charge in [-0.2, -0.15) is 0 Å². The van der Waals surface area contributed by atoms with Gasteiger partial charge < -0.3 is 4.90 Å². The Balaban J connectivity index is 1.58. The van der Waals surface area contributed by atoms with E-state index in [1.807, 2.05) is 11.8 Å². The van der Waals surface area contributed by atoms with Crippen LogP contribution in [0.4, 0.5) is 0 Å². The predicted octanol–water partition coefficient (Wildman–Crippen LogP) is 3.88. The largest absolute Gasteiger partial charge is 0.305 e. The highest BCUT2D eigenvalue weighted by Gasteiger charge is 2.27.